The second kappa shape index (κ2) is 45.0. The number of aromatic nitrogens is 2. The third-order valence-corrected chi connectivity index (χ3v) is 13.7. The summed E-state index contributed by atoms with van der Waals surface area (Å²) in [4.78, 5) is 46.4. The SMILES string of the molecule is CCCCC/C=C\C/C=C\CCCCCCCC(=O)OCC(COC(=O)OCCCN(CC)CC)COC(=O)c1ccc2c(c1)nc(CCCCCCCCCCC)n2CCCCCCCCCCCC. The molecule has 1 unspecified atom stereocenters. The number of carbonyl (C=O) groups is 3. The van der Waals surface area contributed by atoms with Crippen LogP contribution >= 0.6 is 0 Å². The zero-order valence-corrected chi connectivity index (χ0v) is 46.3. The van der Waals surface area contributed by atoms with E-state index in [1.165, 1.54) is 135 Å². The molecule has 0 radical (unpaired) electrons. The van der Waals surface area contributed by atoms with Crippen LogP contribution in [0.2, 0.25) is 0 Å². The molecule has 10 heteroatoms. The van der Waals surface area contributed by atoms with Gasteiger partial charge in [-0.2, -0.15) is 0 Å². The highest BCUT2D eigenvalue weighted by Crippen LogP contribution is 2.23. The molecule has 0 spiro atoms. The highest BCUT2D eigenvalue weighted by Gasteiger charge is 2.20. The number of carbonyl (C=O) groups excluding carboxylic acids is 3. The fraction of sp³-hybridized carbons (Fsp3) is 0.770. The second-order valence-corrected chi connectivity index (χ2v) is 20.1. The van der Waals surface area contributed by atoms with Crippen LogP contribution in [0.5, 0.6) is 0 Å². The Morgan fingerprint density at radius 1 is 0.563 bits per heavy atom. The summed E-state index contributed by atoms with van der Waals surface area (Å²) in [7, 11) is 0. The van der Waals surface area contributed by atoms with E-state index >= 15 is 0 Å². The molecule has 0 fully saturated rings. The van der Waals surface area contributed by atoms with E-state index in [1.807, 2.05) is 18.2 Å². The van der Waals surface area contributed by atoms with Crippen molar-refractivity contribution in [1.82, 2.24) is 14.5 Å². The normalized spacial score (nSPS) is 12.2. The fourth-order valence-corrected chi connectivity index (χ4v) is 9.09. The molecule has 1 aromatic carbocycles. The molecule has 10 nitrogen and oxygen atoms in total. The lowest BCUT2D eigenvalue weighted by molar-refractivity contribution is -0.146. The standard InChI is InChI=1S/C61H105N3O7/c1-6-11-14-17-20-23-25-26-27-28-29-31-34-37-40-44-59(65)69-51-54(53-71-61(67)68-49-42-47-63(9-4)10-5)52-70-60(66)55-45-46-57-56(50-55)62-58(43-39-36-33-30-22-19-16-13-8-3)64(57)48-41-38-35-32-24-21-18-15-12-7-2/h20,23,26-27,45-46,50,54H,6-19,21-22,24-25,28-44,47-49,51-53H2,1-5H3/b23-20-,27-26-. The lowest BCUT2D eigenvalue weighted by atomic mass is 10.1. The van der Waals surface area contributed by atoms with Crippen molar-refractivity contribution in [3.8, 4) is 0 Å². The maximum atomic E-state index is 13.6. The van der Waals surface area contributed by atoms with Crippen molar-refractivity contribution in [3.05, 3.63) is 53.9 Å². The third-order valence-electron chi connectivity index (χ3n) is 13.7. The Bertz CT molecular complexity index is 1670. The first-order valence-corrected chi connectivity index (χ1v) is 29.5. The molecule has 71 heavy (non-hydrogen) atoms. The first kappa shape index (κ1) is 63.5. The Balaban J connectivity index is 1.98. The summed E-state index contributed by atoms with van der Waals surface area (Å²) in [5.74, 6) is -0.244. The van der Waals surface area contributed by atoms with Gasteiger partial charge in [-0.25, -0.2) is 14.6 Å². The zero-order chi connectivity index (χ0) is 51.3. The molecule has 0 aliphatic carbocycles. The Labute approximate surface area is 434 Å². The molecule has 0 amide bonds. The summed E-state index contributed by atoms with van der Waals surface area (Å²) in [6.07, 6.45) is 47.0. The van der Waals surface area contributed by atoms with Gasteiger partial charge in [-0.05, 0) is 89.1 Å². The minimum absolute atomic E-state index is 0.0355. The molecule has 0 N–H and O–H groups in total. The third kappa shape index (κ3) is 32.9. The van der Waals surface area contributed by atoms with Crippen LogP contribution in [0.15, 0.2) is 42.5 Å². The molecule has 1 atom stereocenters. The molecular weight excluding hydrogens is 887 g/mol. The second-order valence-electron chi connectivity index (χ2n) is 20.1. The van der Waals surface area contributed by atoms with Crippen molar-refractivity contribution in [3.63, 3.8) is 0 Å². The molecule has 0 aliphatic rings. The van der Waals surface area contributed by atoms with Gasteiger partial charge in [-0.3, -0.25) is 4.79 Å². The van der Waals surface area contributed by atoms with Crippen LogP contribution in [0.3, 0.4) is 0 Å². The number of benzene rings is 1. The van der Waals surface area contributed by atoms with E-state index in [4.69, 9.17) is 23.9 Å². The van der Waals surface area contributed by atoms with E-state index in [-0.39, 0.29) is 32.4 Å². The predicted octanol–water partition coefficient (Wildman–Crippen LogP) is 17.0. The summed E-state index contributed by atoms with van der Waals surface area (Å²) in [6.45, 7) is 14.6. The van der Waals surface area contributed by atoms with Crippen LogP contribution in [0.1, 0.15) is 256 Å². The number of fused-ring (bicyclic) bond motifs is 1. The summed E-state index contributed by atoms with van der Waals surface area (Å²) >= 11 is 0. The molecule has 1 heterocycles. The average Bonchev–Trinajstić information content (AvgIpc) is 3.73. The van der Waals surface area contributed by atoms with Gasteiger partial charge in [-0.15, -0.1) is 0 Å². The first-order chi connectivity index (χ1) is 34.9. The van der Waals surface area contributed by atoms with Gasteiger partial charge in [0.05, 0.1) is 29.1 Å². The monoisotopic (exact) mass is 992 g/mol. The van der Waals surface area contributed by atoms with Crippen molar-refractivity contribution >= 4 is 29.1 Å². The summed E-state index contributed by atoms with van der Waals surface area (Å²) in [5, 5.41) is 0. The van der Waals surface area contributed by atoms with Crippen LogP contribution in [0.25, 0.3) is 11.0 Å². The molecule has 2 aromatic rings. The van der Waals surface area contributed by atoms with Gasteiger partial charge >= 0.3 is 18.1 Å². The first-order valence-electron chi connectivity index (χ1n) is 29.5. The van der Waals surface area contributed by atoms with E-state index in [9.17, 15) is 14.4 Å². The van der Waals surface area contributed by atoms with Crippen molar-refractivity contribution < 1.29 is 33.3 Å². The number of hydrogen-bond donors (Lipinski definition) is 0. The zero-order valence-electron chi connectivity index (χ0n) is 46.3. The maximum absolute atomic E-state index is 13.6. The van der Waals surface area contributed by atoms with E-state index in [2.05, 4.69) is 68.4 Å². The topological polar surface area (TPSA) is 109 Å². The van der Waals surface area contributed by atoms with Gasteiger partial charge < -0.3 is 28.4 Å². The van der Waals surface area contributed by atoms with Crippen LogP contribution in [0, 0.1) is 5.92 Å². The van der Waals surface area contributed by atoms with Crippen LogP contribution in [0.4, 0.5) is 4.79 Å². The molecular formula is C61H105N3O7. The molecule has 0 saturated carbocycles. The lowest BCUT2D eigenvalue weighted by Crippen LogP contribution is -2.27. The largest absolute Gasteiger partial charge is 0.508 e. The van der Waals surface area contributed by atoms with Crippen LogP contribution < -0.4 is 0 Å². The number of nitrogens with zero attached hydrogens (tertiary/aromatic N) is 3. The number of esters is 2. The maximum Gasteiger partial charge on any atom is 0.508 e. The highest BCUT2D eigenvalue weighted by atomic mass is 16.7. The Morgan fingerprint density at radius 2 is 1.08 bits per heavy atom. The molecule has 0 saturated heterocycles. The Hall–Kier alpha value is -3.66. The van der Waals surface area contributed by atoms with Gasteiger partial charge in [0, 0.05) is 25.9 Å². The van der Waals surface area contributed by atoms with Gasteiger partial charge in [-0.1, -0.05) is 200 Å². The lowest BCUT2D eigenvalue weighted by Gasteiger charge is -2.18. The van der Waals surface area contributed by atoms with E-state index in [1.54, 1.807) is 0 Å². The molecule has 0 aliphatic heterocycles. The van der Waals surface area contributed by atoms with Gasteiger partial charge in [0.1, 0.15) is 25.6 Å². The minimum atomic E-state index is -0.783. The minimum Gasteiger partial charge on any atom is -0.465 e. The van der Waals surface area contributed by atoms with E-state index in [0.717, 1.165) is 107 Å². The van der Waals surface area contributed by atoms with Gasteiger partial charge in [0.25, 0.3) is 0 Å². The van der Waals surface area contributed by atoms with Gasteiger partial charge in [0.2, 0.25) is 0 Å². The molecule has 1 aromatic heterocycles. The summed E-state index contributed by atoms with van der Waals surface area (Å²) in [6, 6.07) is 5.69. The number of allylic oxidation sites excluding steroid dienone is 4. The van der Waals surface area contributed by atoms with Crippen LogP contribution in [-0.2, 0) is 36.7 Å². The van der Waals surface area contributed by atoms with Crippen molar-refractivity contribution in [2.24, 2.45) is 5.92 Å². The summed E-state index contributed by atoms with van der Waals surface area (Å²) < 4.78 is 24.7. The Morgan fingerprint density at radius 3 is 1.70 bits per heavy atom. The van der Waals surface area contributed by atoms with Crippen molar-refractivity contribution in [2.75, 3.05) is 46.1 Å². The Kier molecular flexibility index (Phi) is 40.2. The quantitative estimate of drug-likeness (QED) is 0.0277. The number of imidazole rings is 1. The molecule has 0 bridgehead atoms. The van der Waals surface area contributed by atoms with Crippen molar-refractivity contribution in [1.29, 1.82) is 0 Å². The van der Waals surface area contributed by atoms with E-state index < -0.39 is 18.0 Å². The number of hydrogen-bond acceptors (Lipinski definition) is 9. The van der Waals surface area contributed by atoms with Crippen molar-refractivity contribution in [2.45, 2.75) is 253 Å². The van der Waals surface area contributed by atoms with E-state index in [0.29, 0.717) is 18.4 Å². The highest BCUT2D eigenvalue weighted by molar-refractivity contribution is 5.93. The predicted molar refractivity (Wildman–Crippen MR) is 296 cm³/mol. The van der Waals surface area contributed by atoms with Crippen LogP contribution in [-0.4, -0.2) is 78.6 Å². The number of unbranched alkanes of at least 4 members (excludes halogenated alkanes) is 25. The molecule has 406 valence electrons. The smallest absolute Gasteiger partial charge is 0.465 e. The number of aryl methyl sites for hydroxylation is 2. The number of ether oxygens (including phenoxy) is 4. The molecule has 2 rings (SSSR count). The average molecular weight is 993 g/mol. The summed E-state index contributed by atoms with van der Waals surface area (Å²) in [5.41, 5.74) is 2.28. The fourth-order valence-electron chi connectivity index (χ4n) is 9.09. The van der Waals surface area contributed by atoms with Gasteiger partial charge in [0.15, 0.2) is 0 Å². The number of rotatable bonds is 48.